The van der Waals surface area contributed by atoms with Crippen LogP contribution in [0.15, 0.2) is 144 Å². The number of hydrogen-bond acceptors (Lipinski definition) is 3. The number of furan rings is 1. The van der Waals surface area contributed by atoms with Crippen LogP contribution in [0.1, 0.15) is 79.0 Å². The van der Waals surface area contributed by atoms with Crippen LogP contribution in [0, 0.1) is 6.33 Å². The van der Waals surface area contributed by atoms with Gasteiger partial charge in [0.2, 0.25) is 0 Å². The molecule has 0 saturated carbocycles. The van der Waals surface area contributed by atoms with E-state index in [1.165, 1.54) is 16.7 Å². The minimum atomic E-state index is -0.0463. The summed E-state index contributed by atoms with van der Waals surface area (Å²) in [6.45, 7) is 20.4. The van der Waals surface area contributed by atoms with E-state index in [2.05, 4.69) is 192 Å². The fourth-order valence-electron chi connectivity index (χ4n) is 8.41. The molecule has 4 heterocycles. The first-order chi connectivity index (χ1) is 28.6. The van der Waals surface area contributed by atoms with Gasteiger partial charge in [0.25, 0.3) is 6.33 Å². The van der Waals surface area contributed by atoms with E-state index in [9.17, 15) is 0 Å². The Kier molecular flexibility index (Phi) is 8.42. The number of fused-ring (bicyclic) bond motifs is 7. The van der Waals surface area contributed by atoms with Crippen LogP contribution in [0.25, 0.3) is 72.0 Å². The Bertz CT molecular complexity index is 3270. The Balaban J connectivity index is 1.09. The first-order valence-corrected chi connectivity index (χ1v) is 20.9. The molecule has 6 heteroatoms. The summed E-state index contributed by atoms with van der Waals surface area (Å²) < 4.78 is 19.7. The van der Waals surface area contributed by atoms with E-state index in [4.69, 9.17) is 14.1 Å². The minimum Gasteiger partial charge on any atom is -0.458 e. The van der Waals surface area contributed by atoms with Gasteiger partial charge in [-0.3, -0.25) is 13.7 Å². The lowest BCUT2D eigenvalue weighted by atomic mass is 9.80. The van der Waals surface area contributed by atoms with Crippen LogP contribution in [0.4, 0.5) is 0 Å². The maximum absolute atomic E-state index is 6.76. The Morgan fingerprint density at radius 3 is 2.00 bits per heavy atom. The van der Waals surface area contributed by atoms with Crippen LogP contribution in [-0.4, -0.2) is 14.1 Å². The van der Waals surface area contributed by atoms with Crippen LogP contribution < -0.4 is 9.30 Å². The van der Waals surface area contributed by atoms with Crippen molar-refractivity contribution in [1.29, 1.82) is 0 Å². The molecule has 0 radical (unpaired) electrons. The molecule has 0 N–H and O–H groups in total. The normalized spacial score (nSPS) is 12.8. The lowest BCUT2D eigenvalue weighted by Gasteiger charge is -2.26. The highest BCUT2D eigenvalue weighted by Crippen LogP contribution is 2.40. The molecule has 0 atom stereocenters. The number of benzene rings is 6. The van der Waals surface area contributed by atoms with E-state index in [-0.39, 0.29) is 16.2 Å². The predicted molar refractivity (Wildman–Crippen MR) is 246 cm³/mol. The van der Waals surface area contributed by atoms with Crippen LogP contribution in [0.3, 0.4) is 0 Å². The van der Waals surface area contributed by atoms with Crippen LogP contribution in [0.2, 0.25) is 0 Å². The van der Waals surface area contributed by atoms with Crippen LogP contribution in [-0.2, 0) is 16.2 Å². The number of hydrogen-bond donors (Lipinski definition) is 0. The third kappa shape index (κ3) is 6.42. The highest BCUT2D eigenvalue weighted by molar-refractivity contribution is 6.17. The fraction of sp³-hybridized carbons (Fsp3) is 0.222. The van der Waals surface area contributed by atoms with Gasteiger partial charge in [-0.05, 0) is 99.7 Å². The number of rotatable bonds is 5. The average molecular weight is 787 g/mol. The summed E-state index contributed by atoms with van der Waals surface area (Å²) >= 11 is 0. The Hall–Kier alpha value is -6.66. The molecule has 60 heavy (non-hydrogen) atoms. The molecule has 6 nitrogen and oxygen atoms in total. The third-order valence-corrected chi connectivity index (χ3v) is 11.9. The van der Waals surface area contributed by atoms with Crippen molar-refractivity contribution >= 4 is 54.8 Å². The molecule has 0 fully saturated rings. The van der Waals surface area contributed by atoms with Crippen LogP contribution in [0.5, 0.6) is 11.5 Å². The van der Waals surface area contributed by atoms with Crippen molar-refractivity contribution in [2.24, 2.45) is 0 Å². The van der Waals surface area contributed by atoms with Crippen molar-refractivity contribution in [3.8, 4) is 28.7 Å². The number of pyridine rings is 1. The maximum atomic E-state index is 6.76. The van der Waals surface area contributed by atoms with Gasteiger partial charge in [-0.15, -0.1) is 0 Å². The topological polar surface area (TPSA) is 49.0 Å². The summed E-state index contributed by atoms with van der Waals surface area (Å²) in [6.07, 6.45) is 5.64. The van der Waals surface area contributed by atoms with E-state index < -0.39 is 0 Å². The molecule has 0 spiro atoms. The maximum Gasteiger partial charge on any atom is 0.269 e. The van der Waals surface area contributed by atoms with Gasteiger partial charge in [-0.2, -0.15) is 0 Å². The molecule has 10 rings (SSSR count). The standard InChI is InChI=1S/C54H50N4O2/c1-52(2,3)34-23-24-55-51(28-34)58-47-30-40(21-22-41(47)43-31-44-42-17-10-13-20-49(42)60-50(44)32-48(43)58)59-39-16-14-15-37(29-39)56-33-57(46-19-12-11-18-45(46)56)38-26-35(53(4,5)6)25-36(27-38)54(7,8)9/h10-32H,1-9H3. The van der Waals surface area contributed by atoms with Crippen molar-refractivity contribution in [3.05, 3.63) is 163 Å². The molecule has 298 valence electrons. The summed E-state index contributed by atoms with van der Waals surface area (Å²) in [4.78, 5) is 4.94. The lowest BCUT2D eigenvalue weighted by Crippen LogP contribution is -2.31. The lowest BCUT2D eigenvalue weighted by molar-refractivity contribution is -0.572. The summed E-state index contributed by atoms with van der Waals surface area (Å²) in [5.74, 6) is 2.31. The molecule has 10 aromatic rings. The Labute approximate surface area is 351 Å². The molecule has 0 aliphatic rings. The second-order valence-electron chi connectivity index (χ2n) is 19.3. The second-order valence-corrected chi connectivity index (χ2v) is 19.3. The number of ether oxygens (including phenoxy) is 1. The molecular weight excluding hydrogens is 737 g/mol. The van der Waals surface area contributed by atoms with Crippen molar-refractivity contribution in [2.45, 2.75) is 78.6 Å². The van der Waals surface area contributed by atoms with E-state index in [1.807, 2.05) is 30.5 Å². The third-order valence-electron chi connectivity index (χ3n) is 11.9. The minimum absolute atomic E-state index is 0.00827. The van der Waals surface area contributed by atoms with E-state index in [1.54, 1.807) is 0 Å². The predicted octanol–water partition coefficient (Wildman–Crippen LogP) is 13.8. The summed E-state index contributed by atoms with van der Waals surface area (Å²) in [5.41, 5.74) is 11.7. The number of imidazole rings is 1. The Morgan fingerprint density at radius 1 is 0.533 bits per heavy atom. The fourth-order valence-corrected chi connectivity index (χ4v) is 8.41. The summed E-state index contributed by atoms with van der Waals surface area (Å²) in [6, 6.07) is 47.1. The SMILES string of the molecule is CC(C)(C)c1cc(-[n+]2[c-]n(-c3cccc(Oc4ccc5c6cc7c(cc6n(-c6cc(C(C)(C)C)ccn6)c5c4)oc4ccccc47)c3)c3ccccc32)cc(C(C)(C)C)c1. The van der Waals surface area contributed by atoms with Gasteiger partial charge in [0.1, 0.15) is 28.5 Å². The van der Waals surface area contributed by atoms with Crippen LogP contribution >= 0.6 is 0 Å². The van der Waals surface area contributed by atoms with Crippen molar-refractivity contribution in [1.82, 2.24) is 14.1 Å². The second kappa shape index (κ2) is 13.4. The Morgan fingerprint density at radius 2 is 1.23 bits per heavy atom. The summed E-state index contributed by atoms with van der Waals surface area (Å²) in [5, 5.41) is 4.45. The number of para-hydroxylation sites is 3. The zero-order valence-corrected chi connectivity index (χ0v) is 35.9. The molecule has 4 aromatic heterocycles. The molecule has 6 aromatic carbocycles. The number of nitrogens with zero attached hydrogens (tertiary/aromatic N) is 4. The summed E-state index contributed by atoms with van der Waals surface area (Å²) in [7, 11) is 0. The van der Waals surface area contributed by atoms with Gasteiger partial charge in [0, 0.05) is 39.9 Å². The zero-order chi connectivity index (χ0) is 41.7. The molecule has 0 aliphatic carbocycles. The zero-order valence-electron chi connectivity index (χ0n) is 35.9. The van der Waals surface area contributed by atoms with Gasteiger partial charge in [0.15, 0.2) is 0 Å². The van der Waals surface area contributed by atoms with E-state index >= 15 is 0 Å². The van der Waals surface area contributed by atoms with Gasteiger partial charge >= 0.3 is 0 Å². The van der Waals surface area contributed by atoms with Crippen molar-refractivity contribution in [3.63, 3.8) is 0 Å². The molecule has 0 bridgehead atoms. The highest BCUT2D eigenvalue weighted by Gasteiger charge is 2.24. The molecule has 0 saturated heterocycles. The van der Waals surface area contributed by atoms with Gasteiger partial charge in [0.05, 0.1) is 33.4 Å². The first kappa shape index (κ1) is 37.6. The molecule has 0 aliphatic heterocycles. The van der Waals surface area contributed by atoms with Gasteiger partial charge in [-0.25, -0.2) is 4.98 Å². The quantitative estimate of drug-likeness (QED) is 0.129. The monoisotopic (exact) mass is 786 g/mol. The molecular formula is C54H50N4O2. The van der Waals surface area contributed by atoms with Crippen molar-refractivity contribution < 1.29 is 13.7 Å². The van der Waals surface area contributed by atoms with Gasteiger partial charge in [-0.1, -0.05) is 117 Å². The van der Waals surface area contributed by atoms with E-state index in [0.29, 0.717) is 0 Å². The molecule has 0 unspecified atom stereocenters. The smallest absolute Gasteiger partial charge is 0.269 e. The largest absolute Gasteiger partial charge is 0.458 e. The first-order valence-electron chi connectivity index (χ1n) is 20.9. The van der Waals surface area contributed by atoms with Gasteiger partial charge < -0.3 is 9.15 Å². The molecule has 0 amide bonds. The van der Waals surface area contributed by atoms with E-state index in [0.717, 1.165) is 83.5 Å². The number of aromatic nitrogens is 4. The highest BCUT2D eigenvalue weighted by atomic mass is 16.5. The van der Waals surface area contributed by atoms with Crippen molar-refractivity contribution in [2.75, 3.05) is 0 Å². The average Bonchev–Trinajstić information content (AvgIpc) is 3.88.